The fourth-order valence-electron chi connectivity index (χ4n) is 1.98. The van der Waals surface area contributed by atoms with Gasteiger partial charge in [-0.3, -0.25) is 0 Å². The van der Waals surface area contributed by atoms with E-state index in [9.17, 15) is 0 Å². The van der Waals surface area contributed by atoms with Crippen molar-refractivity contribution in [1.82, 2.24) is 5.32 Å². The van der Waals surface area contributed by atoms with Gasteiger partial charge in [0, 0.05) is 23.0 Å². The molecule has 0 spiro atoms. The molecule has 0 aliphatic carbocycles. The molecule has 0 aliphatic heterocycles. The summed E-state index contributed by atoms with van der Waals surface area (Å²) in [5.41, 5.74) is 1.06. The summed E-state index contributed by atoms with van der Waals surface area (Å²) in [5, 5.41) is 4.11. The zero-order valence-corrected chi connectivity index (χ0v) is 11.5. The molecule has 0 radical (unpaired) electrons. The molecule has 1 atom stereocenters. The average Bonchev–Trinajstić information content (AvgIpc) is 2.78. The molecule has 2 rings (SSSR count). The van der Waals surface area contributed by atoms with E-state index in [2.05, 4.69) is 19.2 Å². The van der Waals surface area contributed by atoms with Crippen LogP contribution < -0.4 is 5.32 Å². The zero-order chi connectivity index (χ0) is 13.0. The molecule has 0 aliphatic rings. The van der Waals surface area contributed by atoms with E-state index in [4.69, 9.17) is 16.0 Å². The Hall–Kier alpha value is -1.25. The molecule has 1 heterocycles. The van der Waals surface area contributed by atoms with E-state index in [0.717, 1.165) is 35.1 Å². The molecule has 3 heteroatoms. The first-order valence-corrected chi connectivity index (χ1v) is 6.65. The number of rotatable bonds is 5. The highest BCUT2D eigenvalue weighted by Gasteiger charge is 2.08. The minimum absolute atomic E-state index is 0.430. The number of likely N-dealkylation sites (N-methyl/N-ethyl adjacent to an activating group) is 1. The lowest BCUT2D eigenvalue weighted by molar-refractivity contribution is 0.470. The van der Waals surface area contributed by atoms with Crippen molar-refractivity contribution in [1.29, 1.82) is 0 Å². The lowest BCUT2D eigenvalue weighted by Gasteiger charge is -2.09. The van der Waals surface area contributed by atoms with Crippen molar-refractivity contribution >= 4 is 11.6 Å². The number of hydrogen-bond acceptors (Lipinski definition) is 2. The lowest BCUT2D eigenvalue weighted by Crippen LogP contribution is -2.27. The van der Waals surface area contributed by atoms with Gasteiger partial charge in [-0.05, 0) is 49.9 Å². The van der Waals surface area contributed by atoms with Crippen molar-refractivity contribution in [2.45, 2.75) is 26.3 Å². The maximum absolute atomic E-state index is 5.87. The molecule has 1 unspecified atom stereocenters. The number of hydrogen-bond donors (Lipinski definition) is 1. The van der Waals surface area contributed by atoms with Gasteiger partial charge in [0.1, 0.15) is 11.5 Å². The monoisotopic (exact) mass is 263 g/mol. The number of halogens is 1. The Bertz CT molecular complexity index is 489. The second-order valence-electron chi connectivity index (χ2n) is 4.44. The van der Waals surface area contributed by atoms with Crippen LogP contribution in [-0.2, 0) is 6.42 Å². The van der Waals surface area contributed by atoms with Crippen LogP contribution in [0.5, 0.6) is 0 Å². The molecule has 0 amide bonds. The highest BCUT2D eigenvalue weighted by molar-refractivity contribution is 6.30. The van der Waals surface area contributed by atoms with Gasteiger partial charge in [-0.2, -0.15) is 0 Å². The van der Waals surface area contributed by atoms with E-state index in [-0.39, 0.29) is 0 Å². The number of furan rings is 1. The fraction of sp³-hybridized carbons (Fsp3) is 0.333. The average molecular weight is 264 g/mol. The van der Waals surface area contributed by atoms with Crippen LogP contribution in [0.3, 0.4) is 0 Å². The Kier molecular flexibility index (Phi) is 4.45. The summed E-state index contributed by atoms with van der Waals surface area (Å²) in [5.74, 6) is 1.90. The maximum Gasteiger partial charge on any atom is 0.134 e. The number of nitrogens with one attached hydrogen (secondary N) is 1. The highest BCUT2D eigenvalue weighted by atomic mass is 35.5. The second kappa shape index (κ2) is 6.07. The largest absolute Gasteiger partial charge is 0.461 e. The third-order valence-corrected chi connectivity index (χ3v) is 3.10. The summed E-state index contributed by atoms with van der Waals surface area (Å²) in [6.07, 6.45) is 0.904. The van der Waals surface area contributed by atoms with Gasteiger partial charge in [-0.25, -0.2) is 0 Å². The van der Waals surface area contributed by atoms with Crippen LogP contribution in [0, 0.1) is 0 Å². The Morgan fingerprint density at radius 1 is 1.17 bits per heavy atom. The summed E-state index contributed by atoms with van der Waals surface area (Å²) in [6, 6.07) is 12.2. The van der Waals surface area contributed by atoms with E-state index in [1.54, 1.807) is 0 Å². The smallest absolute Gasteiger partial charge is 0.134 e. The summed E-state index contributed by atoms with van der Waals surface area (Å²) in [7, 11) is 0. The third kappa shape index (κ3) is 3.37. The van der Waals surface area contributed by atoms with Crippen molar-refractivity contribution in [3.05, 3.63) is 47.2 Å². The molecular weight excluding hydrogens is 246 g/mol. The van der Waals surface area contributed by atoms with Gasteiger partial charge >= 0.3 is 0 Å². The van der Waals surface area contributed by atoms with Crippen LogP contribution in [0.4, 0.5) is 0 Å². The molecule has 0 bridgehead atoms. The Morgan fingerprint density at radius 3 is 2.56 bits per heavy atom. The van der Waals surface area contributed by atoms with Crippen molar-refractivity contribution in [3.8, 4) is 11.3 Å². The molecule has 96 valence electrons. The van der Waals surface area contributed by atoms with E-state index in [1.807, 2.05) is 36.4 Å². The summed E-state index contributed by atoms with van der Waals surface area (Å²) >= 11 is 5.87. The van der Waals surface area contributed by atoms with Crippen LogP contribution in [0.25, 0.3) is 11.3 Å². The van der Waals surface area contributed by atoms with Gasteiger partial charge in [0.05, 0.1) is 0 Å². The predicted molar refractivity (Wildman–Crippen MR) is 76.0 cm³/mol. The first kappa shape index (κ1) is 13.2. The molecule has 2 nitrogen and oxygen atoms in total. The minimum atomic E-state index is 0.430. The Morgan fingerprint density at radius 2 is 1.89 bits per heavy atom. The Balaban J connectivity index is 2.08. The van der Waals surface area contributed by atoms with E-state index < -0.39 is 0 Å². The van der Waals surface area contributed by atoms with Gasteiger partial charge in [0.15, 0.2) is 0 Å². The maximum atomic E-state index is 5.87. The van der Waals surface area contributed by atoms with Gasteiger partial charge in [-0.15, -0.1) is 0 Å². The first-order valence-electron chi connectivity index (χ1n) is 6.27. The topological polar surface area (TPSA) is 25.2 Å². The normalized spacial score (nSPS) is 12.6. The van der Waals surface area contributed by atoms with Gasteiger partial charge < -0.3 is 9.73 Å². The number of benzene rings is 1. The molecule has 1 aromatic carbocycles. The van der Waals surface area contributed by atoms with Crippen LogP contribution in [0.2, 0.25) is 5.02 Å². The van der Waals surface area contributed by atoms with Crippen LogP contribution in [-0.4, -0.2) is 12.6 Å². The fourth-order valence-corrected chi connectivity index (χ4v) is 2.11. The Labute approximate surface area is 113 Å². The van der Waals surface area contributed by atoms with Gasteiger partial charge in [0.2, 0.25) is 0 Å². The third-order valence-electron chi connectivity index (χ3n) is 2.85. The van der Waals surface area contributed by atoms with Crippen molar-refractivity contribution in [3.63, 3.8) is 0 Å². The standard InChI is InChI=1S/C15H18ClNO/c1-3-17-11(2)10-14-8-9-15(18-14)12-4-6-13(16)7-5-12/h4-9,11,17H,3,10H2,1-2H3. The van der Waals surface area contributed by atoms with Gasteiger partial charge in [0.25, 0.3) is 0 Å². The molecule has 2 aromatic rings. The van der Waals surface area contributed by atoms with E-state index in [0.29, 0.717) is 6.04 Å². The second-order valence-corrected chi connectivity index (χ2v) is 4.87. The highest BCUT2D eigenvalue weighted by Crippen LogP contribution is 2.24. The summed E-state index contributed by atoms with van der Waals surface area (Å²) in [4.78, 5) is 0. The first-order chi connectivity index (χ1) is 8.69. The molecule has 1 N–H and O–H groups in total. The van der Waals surface area contributed by atoms with Crippen molar-refractivity contribution in [2.75, 3.05) is 6.54 Å². The molecule has 18 heavy (non-hydrogen) atoms. The molecule has 1 aromatic heterocycles. The van der Waals surface area contributed by atoms with Crippen molar-refractivity contribution in [2.24, 2.45) is 0 Å². The summed E-state index contributed by atoms with van der Waals surface area (Å²) in [6.45, 7) is 5.25. The van der Waals surface area contributed by atoms with Crippen molar-refractivity contribution < 1.29 is 4.42 Å². The zero-order valence-electron chi connectivity index (χ0n) is 10.7. The predicted octanol–water partition coefficient (Wildman–Crippen LogP) is 4.14. The van der Waals surface area contributed by atoms with E-state index in [1.165, 1.54) is 0 Å². The van der Waals surface area contributed by atoms with Crippen LogP contribution in [0.15, 0.2) is 40.8 Å². The summed E-state index contributed by atoms with van der Waals surface area (Å²) < 4.78 is 5.84. The quantitative estimate of drug-likeness (QED) is 0.877. The molecule has 0 saturated heterocycles. The molecular formula is C15H18ClNO. The minimum Gasteiger partial charge on any atom is -0.461 e. The molecule has 0 fully saturated rings. The molecule has 0 saturated carbocycles. The van der Waals surface area contributed by atoms with E-state index >= 15 is 0 Å². The van der Waals surface area contributed by atoms with Crippen LogP contribution in [0.1, 0.15) is 19.6 Å². The SMILES string of the molecule is CCNC(C)Cc1ccc(-c2ccc(Cl)cc2)o1. The van der Waals surface area contributed by atoms with Gasteiger partial charge in [-0.1, -0.05) is 18.5 Å². The lowest BCUT2D eigenvalue weighted by atomic mass is 10.2. The van der Waals surface area contributed by atoms with Crippen LogP contribution >= 0.6 is 11.6 Å².